The van der Waals surface area contributed by atoms with Crippen molar-refractivity contribution in [2.24, 2.45) is 66.6 Å². The van der Waals surface area contributed by atoms with Crippen LogP contribution in [0.1, 0.15) is 118 Å². The van der Waals surface area contributed by atoms with Crippen LogP contribution in [0.15, 0.2) is 15.0 Å². The van der Waals surface area contributed by atoms with Crippen LogP contribution in [0.4, 0.5) is 0 Å². The maximum Gasteiger partial charge on any atom is 0.320 e. The third-order valence-corrected chi connectivity index (χ3v) is 5.71. The summed E-state index contributed by atoms with van der Waals surface area (Å²) in [6.07, 6.45) is 6.96. The molecule has 25 N–H and O–H groups in total. The first kappa shape index (κ1) is 68.6. The zero-order chi connectivity index (χ0) is 48.6. The highest BCUT2D eigenvalue weighted by molar-refractivity contribution is 5.76. The van der Waals surface area contributed by atoms with E-state index in [1.54, 1.807) is 0 Å². The number of hydrogen-bond acceptors (Lipinski definition) is 13. The first-order chi connectivity index (χ1) is 27.7. The van der Waals surface area contributed by atoms with Crippen LogP contribution in [0, 0.1) is 0 Å². The van der Waals surface area contributed by atoms with Gasteiger partial charge in [0.25, 0.3) is 0 Å². The van der Waals surface area contributed by atoms with Crippen LogP contribution in [0.3, 0.4) is 0 Å². The molecule has 0 radical (unpaired) electrons. The zero-order valence-corrected chi connectivity index (χ0v) is 35.3. The van der Waals surface area contributed by atoms with Crippen LogP contribution in [-0.2, 0) is 33.6 Å². The molecule has 26 nitrogen and oxygen atoms in total. The number of guanidine groups is 3. The largest absolute Gasteiger partial charge is 0.481 e. The number of aliphatic imine (C=N–C) groups is 3. The Morgan fingerprint density at radius 3 is 0.633 bits per heavy atom. The molecule has 0 unspecified atom stereocenters. The first-order valence-corrected chi connectivity index (χ1v) is 18.7. The molecule has 0 fully saturated rings. The molecule has 0 amide bonds. The quantitative estimate of drug-likeness (QED) is 0.0327. The van der Waals surface area contributed by atoms with E-state index in [-0.39, 0.29) is 17.9 Å². The lowest BCUT2D eigenvalue weighted by molar-refractivity contribution is -0.139. The summed E-state index contributed by atoms with van der Waals surface area (Å²) >= 11 is 0. The van der Waals surface area contributed by atoms with Crippen LogP contribution in [0.2, 0.25) is 0 Å². The Kier molecular flexibility index (Phi) is 58.3. The average molecular weight is 875 g/mol. The fourth-order valence-electron chi connectivity index (χ4n) is 2.78. The summed E-state index contributed by atoms with van der Waals surface area (Å²) < 4.78 is 0. The summed E-state index contributed by atoms with van der Waals surface area (Å²) in [6, 6.07) is -2.46. The van der Waals surface area contributed by atoms with Crippen LogP contribution in [0.25, 0.3) is 0 Å². The summed E-state index contributed by atoms with van der Waals surface area (Å²) in [6.45, 7) is 8.63. The van der Waals surface area contributed by atoms with E-state index in [0.29, 0.717) is 83.8 Å². The van der Waals surface area contributed by atoms with Crippen molar-refractivity contribution in [2.75, 3.05) is 19.6 Å². The van der Waals surface area contributed by atoms with Crippen molar-refractivity contribution in [1.82, 2.24) is 0 Å². The molecule has 26 heteroatoms. The molecule has 0 aromatic heterocycles. The molecule has 0 aliphatic carbocycles. The van der Waals surface area contributed by atoms with E-state index < -0.39 is 59.9 Å². The predicted octanol–water partition coefficient (Wildman–Crippen LogP) is -1.16. The zero-order valence-electron chi connectivity index (χ0n) is 35.3. The van der Waals surface area contributed by atoms with Crippen LogP contribution < -0.4 is 51.6 Å². The highest BCUT2D eigenvalue weighted by atomic mass is 16.4. The first-order valence-electron chi connectivity index (χ1n) is 18.7. The molecule has 0 bridgehead atoms. The van der Waals surface area contributed by atoms with Crippen molar-refractivity contribution in [1.29, 1.82) is 0 Å². The van der Waals surface area contributed by atoms with Gasteiger partial charge in [-0.15, -0.1) is 0 Å². The van der Waals surface area contributed by atoms with Crippen LogP contribution >= 0.6 is 0 Å². The number of carbonyl (C=O) groups is 7. The van der Waals surface area contributed by atoms with E-state index in [4.69, 9.17) is 87.3 Å². The minimum Gasteiger partial charge on any atom is -0.481 e. The molecule has 0 aliphatic heterocycles. The highest BCUT2D eigenvalue weighted by Crippen LogP contribution is 1.96. The summed E-state index contributed by atoms with van der Waals surface area (Å²) in [5.41, 5.74) is 46.0. The van der Waals surface area contributed by atoms with Gasteiger partial charge in [0.2, 0.25) is 0 Å². The van der Waals surface area contributed by atoms with Gasteiger partial charge in [-0.3, -0.25) is 48.5 Å². The minimum absolute atomic E-state index is 0.0129. The number of hydrogen-bond donors (Lipinski definition) is 16. The van der Waals surface area contributed by atoms with E-state index in [0.717, 1.165) is 25.7 Å². The summed E-state index contributed by atoms with van der Waals surface area (Å²) in [7, 11) is 0. The van der Waals surface area contributed by atoms with Crippen LogP contribution in [-0.4, -0.2) is 133 Å². The van der Waals surface area contributed by atoms with Gasteiger partial charge >= 0.3 is 41.8 Å². The van der Waals surface area contributed by atoms with Gasteiger partial charge in [-0.1, -0.05) is 27.7 Å². The Morgan fingerprint density at radius 1 is 0.383 bits per heavy atom. The molecular weight excluding hydrogens is 800 g/mol. The second kappa shape index (κ2) is 51.0. The Labute approximate surface area is 350 Å². The van der Waals surface area contributed by atoms with Crippen molar-refractivity contribution in [3.8, 4) is 0 Å². The average Bonchev–Trinajstić information content (AvgIpc) is 3.11. The van der Waals surface area contributed by atoms with E-state index in [2.05, 4.69) is 15.0 Å². The summed E-state index contributed by atoms with van der Waals surface area (Å²) in [4.78, 5) is 80.1. The Balaban J connectivity index is -0.000000112. The van der Waals surface area contributed by atoms with E-state index in [1.165, 1.54) is 0 Å². The molecule has 354 valence electrons. The predicted molar refractivity (Wildman–Crippen MR) is 227 cm³/mol. The molecule has 0 aromatic carbocycles. The third-order valence-electron chi connectivity index (χ3n) is 5.71. The lowest BCUT2D eigenvalue weighted by Gasteiger charge is -2.03. The normalized spacial score (nSPS) is 10.5. The molecular formula is C34H74N12O14. The monoisotopic (exact) mass is 875 g/mol. The van der Waals surface area contributed by atoms with E-state index >= 15 is 0 Å². The molecule has 0 rings (SSSR count). The SMILES string of the molecule is CCCC(=O)O.CCCC(=O)O.CCCC(=O)O.CCCC(=O)O.NC(N)=NCCC[C@H](N)C(=O)O.NC(N)=NCCC[C@H](N)C(=O)O.NC(N)=NCCC[C@H](N)C(=O)O. The highest BCUT2D eigenvalue weighted by Gasteiger charge is 2.11. The number of carboxylic acids is 7. The van der Waals surface area contributed by atoms with Gasteiger partial charge in [0.15, 0.2) is 17.9 Å². The second-order valence-electron chi connectivity index (χ2n) is 11.8. The molecule has 0 heterocycles. The van der Waals surface area contributed by atoms with Crippen LogP contribution in [0.5, 0.6) is 0 Å². The number of aliphatic carboxylic acids is 7. The van der Waals surface area contributed by atoms with Gasteiger partial charge in [0.05, 0.1) is 0 Å². The molecule has 60 heavy (non-hydrogen) atoms. The topological polar surface area (TPSA) is 532 Å². The maximum absolute atomic E-state index is 10.2. The van der Waals surface area contributed by atoms with Gasteiger partial charge in [-0.2, -0.15) is 0 Å². The van der Waals surface area contributed by atoms with Crippen molar-refractivity contribution < 1.29 is 69.3 Å². The van der Waals surface area contributed by atoms with Gasteiger partial charge < -0.3 is 87.3 Å². The molecule has 0 spiro atoms. The molecule has 0 aliphatic rings. The lowest BCUT2D eigenvalue weighted by atomic mass is 10.2. The van der Waals surface area contributed by atoms with Gasteiger partial charge in [0.1, 0.15) is 18.1 Å². The minimum atomic E-state index is -1.00. The Morgan fingerprint density at radius 2 is 0.550 bits per heavy atom. The van der Waals surface area contributed by atoms with Crippen molar-refractivity contribution in [3.63, 3.8) is 0 Å². The Bertz CT molecular complexity index is 1070. The summed E-state index contributed by atoms with van der Waals surface area (Å²) in [5, 5.41) is 56.8. The van der Waals surface area contributed by atoms with Gasteiger partial charge in [-0.05, 0) is 64.2 Å². The van der Waals surface area contributed by atoms with E-state index in [1.807, 2.05) is 27.7 Å². The number of rotatable bonds is 23. The van der Waals surface area contributed by atoms with Crippen molar-refractivity contribution in [2.45, 2.75) is 136 Å². The second-order valence-corrected chi connectivity index (χ2v) is 11.8. The summed E-state index contributed by atoms with van der Waals surface area (Å²) in [5.74, 6) is -5.80. The lowest BCUT2D eigenvalue weighted by Crippen LogP contribution is -2.30. The fraction of sp³-hybridized carbons (Fsp3) is 0.706. The molecule has 0 saturated heterocycles. The molecule has 0 aromatic rings. The van der Waals surface area contributed by atoms with E-state index in [9.17, 15) is 33.6 Å². The number of nitrogens with zero attached hydrogens (tertiary/aromatic N) is 3. The standard InChI is InChI=1S/3C6H14N4O2.4C4H8O2/c3*7-4(5(11)12)2-1-3-10-6(8)9;4*1-2-3-4(5)6/h3*4H,1-3,7H2,(H,11,12)(H4,8,9,10);4*2-3H2,1H3,(H,5,6)/t3*4-;;;;/m000..../s1. The molecule has 0 saturated carbocycles. The Hall–Kier alpha value is -6.02. The third kappa shape index (κ3) is 88.9. The maximum atomic E-state index is 10.2. The smallest absolute Gasteiger partial charge is 0.320 e. The molecule has 3 atom stereocenters. The van der Waals surface area contributed by atoms with Crippen molar-refractivity contribution in [3.05, 3.63) is 0 Å². The van der Waals surface area contributed by atoms with Gasteiger partial charge in [-0.25, -0.2) is 0 Å². The van der Waals surface area contributed by atoms with Gasteiger partial charge in [0, 0.05) is 45.3 Å². The van der Waals surface area contributed by atoms with Crippen molar-refractivity contribution >= 4 is 59.7 Å². The number of carboxylic acid groups (broad SMARTS) is 7. The fourth-order valence-corrected chi connectivity index (χ4v) is 2.78. The number of nitrogens with two attached hydrogens (primary N) is 9.